The van der Waals surface area contributed by atoms with E-state index in [-0.39, 0.29) is 30.9 Å². The van der Waals surface area contributed by atoms with E-state index in [0.717, 1.165) is 17.0 Å². The van der Waals surface area contributed by atoms with Gasteiger partial charge in [-0.05, 0) is 36.4 Å². The summed E-state index contributed by atoms with van der Waals surface area (Å²) in [4.78, 5) is 28.3. The number of nitrogens with two attached hydrogens (primary N) is 1. The second-order valence-corrected chi connectivity index (χ2v) is 5.75. The zero-order valence-electron chi connectivity index (χ0n) is 14.8. The number of aliphatic hydroxyl groups excluding tert-OH is 1. The summed E-state index contributed by atoms with van der Waals surface area (Å²) in [5.41, 5.74) is 6.04. The molecule has 1 aromatic heterocycles. The van der Waals surface area contributed by atoms with Gasteiger partial charge in [0.1, 0.15) is 5.84 Å². The van der Waals surface area contributed by atoms with E-state index in [1.54, 1.807) is 24.3 Å². The molecule has 0 unspecified atom stereocenters. The minimum Gasteiger partial charge on any atom is -0.395 e. The van der Waals surface area contributed by atoms with Crippen molar-refractivity contribution in [3.05, 3.63) is 53.9 Å². The zero-order valence-corrected chi connectivity index (χ0v) is 14.8. The van der Waals surface area contributed by atoms with Gasteiger partial charge in [0, 0.05) is 30.6 Å². The molecule has 10 heteroatoms. The number of halogens is 2. The lowest BCUT2D eigenvalue weighted by Gasteiger charge is -2.21. The monoisotopic (exact) mass is 391 g/mol. The van der Waals surface area contributed by atoms with E-state index in [1.165, 1.54) is 0 Å². The normalized spacial score (nSPS) is 10.4. The van der Waals surface area contributed by atoms with Crippen LogP contribution >= 0.6 is 0 Å². The Balaban J connectivity index is 1.97. The third-order valence-electron chi connectivity index (χ3n) is 3.76. The Morgan fingerprint density at radius 3 is 2.39 bits per heavy atom. The molecule has 28 heavy (non-hydrogen) atoms. The van der Waals surface area contributed by atoms with Crippen molar-refractivity contribution in [2.24, 2.45) is 5.73 Å². The van der Waals surface area contributed by atoms with Crippen LogP contribution in [0.25, 0.3) is 0 Å². The van der Waals surface area contributed by atoms with Gasteiger partial charge in [-0.3, -0.25) is 15.0 Å². The quantitative estimate of drug-likeness (QED) is 0.307. The van der Waals surface area contributed by atoms with Crippen LogP contribution < -0.4 is 16.0 Å². The minimum absolute atomic E-state index is 0.102. The molecule has 0 spiro atoms. The Hall–Kier alpha value is -3.40. The van der Waals surface area contributed by atoms with Crippen molar-refractivity contribution in [1.29, 1.82) is 5.41 Å². The standard InChI is InChI=1S/C18H19F2N5O3/c19-14-6-5-13(17(20)24-14)25(9-10-26)16(28)8-7-15(27)23-12-3-1-11(2-4-12)18(21)22/h1-6,26H,7-10H2,(H3,21,22)(H,23,27). The van der Waals surface area contributed by atoms with Crippen LogP contribution in [0.3, 0.4) is 0 Å². The molecule has 8 nitrogen and oxygen atoms in total. The van der Waals surface area contributed by atoms with Crippen molar-refractivity contribution in [3.63, 3.8) is 0 Å². The summed E-state index contributed by atoms with van der Waals surface area (Å²) in [7, 11) is 0. The van der Waals surface area contributed by atoms with Gasteiger partial charge < -0.3 is 21.1 Å². The number of hydrogen-bond acceptors (Lipinski definition) is 5. The number of aromatic nitrogens is 1. The topological polar surface area (TPSA) is 132 Å². The highest BCUT2D eigenvalue weighted by molar-refractivity contribution is 5.99. The van der Waals surface area contributed by atoms with E-state index < -0.39 is 30.3 Å². The summed E-state index contributed by atoms with van der Waals surface area (Å²) in [5.74, 6) is -3.39. The minimum atomic E-state index is -1.18. The Morgan fingerprint density at radius 1 is 1.14 bits per heavy atom. The van der Waals surface area contributed by atoms with Gasteiger partial charge in [0.15, 0.2) is 0 Å². The van der Waals surface area contributed by atoms with Crippen molar-refractivity contribution in [2.45, 2.75) is 12.8 Å². The summed E-state index contributed by atoms with van der Waals surface area (Å²) < 4.78 is 26.8. The van der Waals surface area contributed by atoms with Gasteiger partial charge in [-0.25, -0.2) is 0 Å². The molecule has 1 aromatic carbocycles. The molecule has 0 radical (unpaired) electrons. The number of pyridine rings is 1. The number of benzene rings is 1. The number of amidine groups is 1. The molecule has 0 aliphatic heterocycles. The van der Waals surface area contributed by atoms with E-state index in [4.69, 9.17) is 16.2 Å². The summed E-state index contributed by atoms with van der Waals surface area (Å²) >= 11 is 0. The highest BCUT2D eigenvalue weighted by Gasteiger charge is 2.21. The van der Waals surface area contributed by atoms with Crippen molar-refractivity contribution in [1.82, 2.24) is 4.98 Å². The van der Waals surface area contributed by atoms with Gasteiger partial charge in [-0.1, -0.05) is 0 Å². The maximum absolute atomic E-state index is 13.8. The number of aliphatic hydroxyl groups is 1. The molecule has 148 valence electrons. The molecule has 1 heterocycles. The Bertz CT molecular complexity index is 874. The van der Waals surface area contributed by atoms with Crippen molar-refractivity contribution in [2.75, 3.05) is 23.4 Å². The van der Waals surface area contributed by atoms with Crippen molar-refractivity contribution >= 4 is 29.0 Å². The Labute approximate surface area is 159 Å². The number of carbonyl (C=O) groups is 2. The van der Waals surface area contributed by atoms with E-state index in [0.29, 0.717) is 11.3 Å². The number of hydrogen-bond donors (Lipinski definition) is 4. The predicted molar refractivity (Wildman–Crippen MR) is 98.9 cm³/mol. The number of anilines is 2. The van der Waals surface area contributed by atoms with Gasteiger partial charge in [0.25, 0.3) is 0 Å². The molecule has 2 rings (SSSR count). The average Bonchev–Trinajstić information content (AvgIpc) is 2.65. The molecule has 0 saturated heterocycles. The number of nitrogens with zero attached hydrogens (tertiary/aromatic N) is 2. The molecule has 0 fully saturated rings. The molecular formula is C18H19F2N5O3. The second kappa shape index (κ2) is 9.51. The van der Waals surface area contributed by atoms with Crippen LogP contribution in [-0.2, 0) is 9.59 Å². The number of carbonyl (C=O) groups excluding carboxylic acids is 2. The summed E-state index contributed by atoms with van der Waals surface area (Å²) in [6.07, 6.45) is -0.445. The Morgan fingerprint density at radius 2 is 1.82 bits per heavy atom. The average molecular weight is 391 g/mol. The van der Waals surface area contributed by atoms with Crippen LogP contribution in [0.4, 0.5) is 20.2 Å². The SMILES string of the molecule is N=C(N)c1ccc(NC(=O)CCC(=O)N(CCO)c2ccc(F)nc2F)cc1. The highest BCUT2D eigenvalue weighted by Crippen LogP contribution is 2.19. The maximum atomic E-state index is 13.8. The van der Waals surface area contributed by atoms with Gasteiger partial charge in [0.2, 0.25) is 23.7 Å². The van der Waals surface area contributed by atoms with E-state index in [9.17, 15) is 18.4 Å². The van der Waals surface area contributed by atoms with Crippen molar-refractivity contribution in [3.8, 4) is 0 Å². The summed E-state index contributed by atoms with van der Waals surface area (Å²) in [6.45, 7) is -0.672. The molecule has 2 amide bonds. The van der Waals surface area contributed by atoms with Crippen LogP contribution in [0.2, 0.25) is 0 Å². The molecule has 0 aliphatic carbocycles. The summed E-state index contributed by atoms with van der Waals surface area (Å²) in [5, 5.41) is 19.0. The molecular weight excluding hydrogens is 372 g/mol. The molecule has 0 aliphatic rings. The van der Waals surface area contributed by atoms with Crippen molar-refractivity contribution < 1.29 is 23.5 Å². The number of rotatable bonds is 8. The molecule has 2 aromatic rings. The lowest BCUT2D eigenvalue weighted by molar-refractivity contribution is -0.122. The first-order chi connectivity index (χ1) is 13.3. The lowest BCUT2D eigenvalue weighted by Crippen LogP contribution is -2.35. The maximum Gasteiger partial charge on any atom is 0.239 e. The van der Waals surface area contributed by atoms with Crippen LogP contribution in [0.15, 0.2) is 36.4 Å². The zero-order chi connectivity index (χ0) is 20.7. The first-order valence-corrected chi connectivity index (χ1v) is 8.29. The lowest BCUT2D eigenvalue weighted by atomic mass is 10.2. The molecule has 0 saturated carbocycles. The third-order valence-corrected chi connectivity index (χ3v) is 3.76. The number of nitrogen functional groups attached to an aromatic ring is 1. The van der Waals surface area contributed by atoms with Gasteiger partial charge in [-0.15, -0.1) is 0 Å². The fourth-order valence-electron chi connectivity index (χ4n) is 2.40. The predicted octanol–water partition coefficient (Wildman–Crippen LogP) is 1.39. The highest BCUT2D eigenvalue weighted by atomic mass is 19.1. The molecule has 0 bridgehead atoms. The van der Waals surface area contributed by atoms with Gasteiger partial charge in [0.05, 0.1) is 12.3 Å². The van der Waals surface area contributed by atoms with Gasteiger partial charge >= 0.3 is 0 Å². The van der Waals surface area contributed by atoms with E-state index >= 15 is 0 Å². The van der Waals surface area contributed by atoms with E-state index in [1.807, 2.05) is 0 Å². The molecule has 0 atom stereocenters. The third kappa shape index (κ3) is 5.55. The molecule has 5 N–H and O–H groups in total. The van der Waals surface area contributed by atoms with Crippen LogP contribution in [0, 0.1) is 17.3 Å². The van der Waals surface area contributed by atoms with Crippen LogP contribution in [0.5, 0.6) is 0 Å². The van der Waals surface area contributed by atoms with Crippen LogP contribution in [-0.4, -0.2) is 40.9 Å². The largest absolute Gasteiger partial charge is 0.395 e. The summed E-state index contributed by atoms with van der Waals surface area (Å²) in [6, 6.07) is 8.20. The van der Waals surface area contributed by atoms with Crippen LogP contribution in [0.1, 0.15) is 18.4 Å². The fourth-order valence-corrected chi connectivity index (χ4v) is 2.40. The van der Waals surface area contributed by atoms with E-state index in [2.05, 4.69) is 10.3 Å². The van der Waals surface area contributed by atoms with Gasteiger partial charge in [-0.2, -0.15) is 13.8 Å². The first-order valence-electron chi connectivity index (χ1n) is 8.29. The first kappa shape index (κ1) is 20.9. The smallest absolute Gasteiger partial charge is 0.239 e. The fraction of sp³-hybridized carbons (Fsp3) is 0.222. The number of amides is 2. The number of nitrogens with one attached hydrogen (secondary N) is 2. The Kier molecular flexibility index (Phi) is 7.10. The second-order valence-electron chi connectivity index (χ2n) is 5.75.